The first-order valence-electron chi connectivity index (χ1n) is 9.58. The maximum atomic E-state index is 13.3. The summed E-state index contributed by atoms with van der Waals surface area (Å²) in [4.78, 5) is 27.9. The number of amides is 2. The van der Waals surface area contributed by atoms with E-state index in [1.807, 2.05) is 0 Å². The van der Waals surface area contributed by atoms with Crippen LogP contribution in [0.5, 0.6) is 0 Å². The van der Waals surface area contributed by atoms with Crippen molar-refractivity contribution in [2.24, 2.45) is 0 Å². The number of anilines is 1. The molecule has 2 N–H and O–H groups in total. The number of benzene rings is 1. The van der Waals surface area contributed by atoms with Gasteiger partial charge in [0.05, 0.1) is 5.56 Å². The summed E-state index contributed by atoms with van der Waals surface area (Å²) in [5.74, 6) is -0.777. The van der Waals surface area contributed by atoms with Crippen molar-refractivity contribution in [1.82, 2.24) is 15.5 Å². The lowest BCUT2D eigenvalue weighted by molar-refractivity contribution is -0.137. The van der Waals surface area contributed by atoms with Gasteiger partial charge in [0.15, 0.2) is 0 Å². The van der Waals surface area contributed by atoms with Crippen LogP contribution >= 0.6 is 0 Å². The lowest BCUT2D eigenvalue weighted by Gasteiger charge is -2.27. The Labute approximate surface area is 162 Å². The molecule has 2 heterocycles. The summed E-state index contributed by atoms with van der Waals surface area (Å²) in [6.07, 6.45) is -2.95. The number of nitrogens with one attached hydrogen (secondary N) is 2. The highest BCUT2D eigenvalue weighted by molar-refractivity contribution is 5.99. The number of hydrogen-bond acceptors (Lipinski definition) is 4. The van der Waals surface area contributed by atoms with Gasteiger partial charge in [0, 0.05) is 56.9 Å². The van der Waals surface area contributed by atoms with Crippen molar-refractivity contribution < 1.29 is 22.8 Å². The molecule has 2 fully saturated rings. The minimum atomic E-state index is -4.59. The van der Waals surface area contributed by atoms with Crippen LogP contribution in [0.25, 0.3) is 0 Å². The van der Waals surface area contributed by atoms with Crippen LogP contribution in [-0.4, -0.2) is 62.5 Å². The summed E-state index contributed by atoms with van der Waals surface area (Å²) < 4.78 is 39.8. The topological polar surface area (TPSA) is 64.7 Å². The van der Waals surface area contributed by atoms with E-state index in [9.17, 15) is 22.8 Å². The maximum Gasteiger partial charge on any atom is 0.416 e. The van der Waals surface area contributed by atoms with Crippen LogP contribution in [0, 0.1) is 0 Å². The lowest BCUT2D eigenvalue weighted by atomic mass is 10.1. The largest absolute Gasteiger partial charge is 0.416 e. The zero-order chi connectivity index (χ0) is 20.1. The first-order valence-corrected chi connectivity index (χ1v) is 9.58. The monoisotopic (exact) mass is 398 g/mol. The van der Waals surface area contributed by atoms with Crippen molar-refractivity contribution in [3.05, 3.63) is 29.3 Å². The molecule has 2 aliphatic heterocycles. The first kappa shape index (κ1) is 20.6. The maximum absolute atomic E-state index is 13.3. The van der Waals surface area contributed by atoms with Gasteiger partial charge in [0.2, 0.25) is 5.91 Å². The number of hydrogen-bond donors (Lipinski definition) is 2. The predicted molar refractivity (Wildman–Crippen MR) is 99.3 cm³/mol. The molecule has 154 valence electrons. The van der Waals surface area contributed by atoms with Crippen LogP contribution in [0.4, 0.5) is 18.9 Å². The van der Waals surface area contributed by atoms with Crippen molar-refractivity contribution in [3.63, 3.8) is 0 Å². The second kappa shape index (κ2) is 8.91. The second-order valence-electron chi connectivity index (χ2n) is 7.12. The first-order chi connectivity index (χ1) is 13.3. The highest BCUT2D eigenvalue weighted by Crippen LogP contribution is 2.34. The lowest BCUT2D eigenvalue weighted by Crippen LogP contribution is -2.44. The van der Waals surface area contributed by atoms with Crippen molar-refractivity contribution in [2.75, 3.05) is 50.7 Å². The van der Waals surface area contributed by atoms with Gasteiger partial charge in [0.1, 0.15) is 0 Å². The van der Waals surface area contributed by atoms with E-state index in [4.69, 9.17) is 0 Å². The van der Waals surface area contributed by atoms with Crippen LogP contribution in [0.2, 0.25) is 0 Å². The molecule has 0 radical (unpaired) electrons. The van der Waals surface area contributed by atoms with Crippen LogP contribution in [0.3, 0.4) is 0 Å². The second-order valence-corrected chi connectivity index (χ2v) is 7.12. The van der Waals surface area contributed by atoms with Gasteiger partial charge in [-0.15, -0.1) is 0 Å². The average molecular weight is 398 g/mol. The molecule has 0 saturated carbocycles. The SMILES string of the molecule is O=C(NCCCN1CCNCC1)c1cc(N2CCCC2=O)cc(C(F)(F)F)c1. The molecule has 2 saturated heterocycles. The standard InChI is InChI=1S/C19H25F3N4O2/c20-19(21,22)15-11-14(12-16(13-15)26-8-1-3-17(26)27)18(28)24-4-2-7-25-9-5-23-6-10-25/h11-13,23H,1-10H2,(H,24,28). The Kier molecular flexibility index (Phi) is 6.56. The van der Waals surface area contributed by atoms with E-state index in [0.717, 1.165) is 51.3 Å². The number of halogens is 3. The van der Waals surface area contributed by atoms with Gasteiger partial charge in [0.25, 0.3) is 5.91 Å². The quantitative estimate of drug-likeness (QED) is 0.718. The summed E-state index contributed by atoms with van der Waals surface area (Å²) in [5, 5.41) is 5.96. The summed E-state index contributed by atoms with van der Waals surface area (Å²) in [6, 6.07) is 3.14. The number of piperazine rings is 1. The fraction of sp³-hybridized carbons (Fsp3) is 0.579. The number of nitrogens with zero attached hydrogens (tertiary/aromatic N) is 2. The smallest absolute Gasteiger partial charge is 0.352 e. The van der Waals surface area contributed by atoms with Gasteiger partial charge < -0.3 is 20.4 Å². The summed E-state index contributed by atoms with van der Waals surface area (Å²) in [5.41, 5.74) is -0.870. The third-order valence-electron chi connectivity index (χ3n) is 5.04. The minimum absolute atomic E-state index is 0.0771. The van der Waals surface area contributed by atoms with E-state index in [1.165, 1.54) is 11.0 Å². The summed E-state index contributed by atoms with van der Waals surface area (Å²) in [7, 11) is 0. The molecule has 1 aromatic rings. The van der Waals surface area contributed by atoms with Gasteiger partial charge in [-0.25, -0.2) is 0 Å². The van der Waals surface area contributed by atoms with Gasteiger partial charge in [-0.3, -0.25) is 9.59 Å². The Hall–Kier alpha value is -2.13. The molecule has 0 spiro atoms. The number of carbonyl (C=O) groups is 2. The Balaban J connectivity index is 1.65. The van der Waals surface area contributed by atoms with Crippen LogP contribution < -0.4 is 15.5 Å². The normalized spacial score (nSPS) is 18.5. The zero-order valence-corrected chi connectivity index (χ0v) is 15.6. The van der Waals surface area contributed by atoms with E-state index >= 15 is 0 Å². The molecule has 2 aliphatic rings. The zero-order valence-electron chi connectivity index (χ0n) is 15.6. The van der Waals surface area contributed by atoms with Crippen molar-refractivity contribution in [2.45, 2.75) is 25.4 Å². The van der Waals surface area contributed by atoms with E-state index in [-0.39, 0.29) is 17.2 Å². The van der Waals surface area contributed by atoms with Gasteiger partial charge in [-0.2, -0.15) is 13.2 Å². The number of alkyl halides is 3. The van der Waals surface area contributed by atoms with Gasteiger partial charge in [-0.05, 0) is 37.6 Å². The fourth-order valence-corrected chi connectivity index (χ4v) is 3.52. The molecule has 0 aromatic heterocycles. The van der Waals surface area contributed by atoms with Gasteiger partial charge >= 0.3 is 6.18 Å². The molecule has 3 rings (SSSR count). The van der Waals surface area contributed by atoms with Crippen LogP contribution in [0.15, 0.2) is 18.2 Å². The molecule has 0 unspecified atom stereocenters. The minimum Gasteiger partial charge on any atom is -0.352 e. The molecule has 0 bridgehead atoms. The van der Waals surface area contributed by atoms with Crippen molar-refractivity contribution in [3.8, 4) is 0 Å². The molecule has 28 heavy (non-hydrogen) atoms. The van der Waals surface area contributed by atoms with E-state index in [0.29, 0.717) is 25.9 Å². The Morgan fingerprint density at radius 1 is 1.14 bits per heavy atom. The highest BCUT2D eigenvalue weighted by atomic mass is 19.4. The molecule has 0 atom stereocenters. The Morgan fingerprint density at radius 3 is 2.54 bits per heavy atom. The molecule has 2 amide bonds. The summed E-state index contributed by atoms with van der Waals surface area (Å²) in [6.45, 7) is 5.37. The Morgan fingerprint density at radius 2 is 1.89 bits per heavy atom. The third-order valence-corrected chi connectivity index (χ3v) is 5.04. The van der Waals surface area contributed by atoms with Crippen molar-refractivity contribution >= 4 is 17.5 Å². The van der Waals surface area contributed by atoms with E-state index in [1.54, 1.807) is 0 Å². The van der Waals surface area contributed by atoms with Crippen molar-refractivity contribution in [1.29, 1.82) is 0 Å². The molecule has 1 aromatic carbocycles. The van der Waals surface area contributed by atoms with Gasteiger partial charge in [-0.1, -0.05) is 0 Å². The molecule has 9 heteroatoms. The van der Waals surface area contributed by atoms with Crippen LogP contribution in [0.1, 0.15) is 35.2 Å². The van der Waals surface area contributed by atoms with E-state index < -0.39 is 17.6 Å². The average Bonchev–Trinajstić information content (AvgIpc) is 3.11. The van der Waals surface area contributed by atoms with E-state index in [2.05, 4.69) is 15.5 Å². The number of carbonyl (C=O) groups excluding carboxylic acids is 2. The fourth-order valence-electron chi connectivity index (χ4n) is 3.52. The molecule has 0 aliphatic carbocycles. The summed E-state index contributed by atoms with van der Waals surface area (Å²) >= 11 is 0. The number of rotatable bonds is 6. The van der Waals surface area contributed by atoms with Crippen LogP contribution in [-0.2, 0) is 11.0 Å². The molecular formula is C19H25F3N4O2. The third kappa shape index (κ3) is 5.23. The molecular weight excluding hydrogens is 373 g/mol. The predicted octanol–water partition coefficient (Wildman–Crippen LogP) is 1.86. The highest BCUT2D eigenvalue weighted by Gasteiger charge is 2.33. The Bertz CT molecular complexity index is 718. The molecule has 6 nitrogen and oxygen atoms in total.